The maximum Gasteiger partial charge on any atom is 0.233 e. The van der Waals surface area contributed by atoms with Gasteiger partial charge >= 0.3 is 0 Å². The van der Waals surface area contributed by atoms with E-state index in [1.54, 1.807) is 36.3 Å². The van der Waals surface area contributed by atoms with Crippen molar-refractivity contribution in [1.29, 1.82) is 0 Å². The van der Waals surface area contributed by atoms with E-state index in [4.69, 9.17) is 4.74 Å². The van der Waals surface area contributed by atoms with Crippen molar-refractivity contribution in [2.45, 2.75) is 51.6 Å². The predicted octanol–water partition coefficient (Wildman–Crippen LogP) is 4.84. The number of carbonyl (C=O) groups is 4. The summed E-state index contributed by atoms with van der Waals surface area (Å²) in [5, 5.41) is 10.2. The Morgan fingerprint density at radius 3 is 2.52 bits per heavy atom. The van der Waals surface area contributed by atoms with Gasteiger partial charge in [-0.25, -0.2) is 0 Å². The number of aromatic hydroxyl groups is 1. The molecular formula is C38H36N2O6. The van der Waals surface area contributed by atoms with E-state index in [-0.39, 0.29) is 47.5 Å². The lowest BCUT2D eigenvalue weighted by Crippen LogP contribution is -2.48. The minimum Gasteiger partial charge on any atom is -0.508 e. The number of imide groups is 1. The lowest BCUT2D eigenvalue weighted by atomic mass is 9.58. The highest BCUT2D eigenvalue weighted by molar-refractivity contribution is 6.23. The van der Waals surface area contributed by atoms with Crippen LogP contribution in [-0.2, 0) is 32.1 Å². The standard InChI is InChI=1S/C38H36N2O6/c1-21-15-31(42)30-18-29-27(33(35(30)36(21)43)24-16-23-17-26(41)7-10-32(23)46-20-24)8-9-28-34(29)38(45)40(37(28)44)25-11-13-39(14-12-25)19-22-5-3-2-4-6-22/h2-8,10,15,17,20,25,28-29,33-34,41H,9,11-14,16,18-19H2,1H3/t28-,29+,33-,34-/m0/s1. The molecule has 8 rings (SSSR count). The van der Waals surface area contributed by atoms with E-state index in [1.807, 2.05) is 18.2 Å². The topological polar surface area (TPSA) is 104 Å². The summed E-state index contributed by atoms with van der Waals surface area (Å²) in [7, 11) is 0. The molecule has 2 aromatic rings. The molecule has 0 spiro atoms. The molecule has 46 heavy (non-hydrogen) atoms. The van der Waals surface area contributed by atoms with Crippen molar-refractivity contribution in [2.24, 2.45) is 23.7 Å². The number of piperidine rings is 1. The van der Waals surface area contributed by atoms with Gasteiger partial charge in [-0.2, -0.15) is 0 Å². The zero-order chi connectivity index (χ0) is 31.7. The number of likely N-dealkylation sites (tertiary alicyclic amines) is 2. The number of hydrogen-bond donors (Lipinski definition) is 1. The lowest BCUT2D eigenvalue weighted by Gasteiger charge is -2.43. The van der Waals surface area contributed by atoms with Gasteiger partial charge in [0.2, 0.25) is 11.8 Å². The minimum atomic E-state index is -0.567. The number of amides is 2. The van der Waals surface area contributed by atoms with E-state index in [2.05, 4.69) is 23.1 Å². The maximum atomic E-state index is 14.3. The highest BCUT2D eigenvalue weighted by atomic mass is 16.5. The summed E-state index contributed by atoms with van der Waals surface area (Å²) in [6, 6.07) is 15.1. The van der Waals surface area contributed by atoms with Crippen LogP contribution in [0.5, 0.6) is 11.5 Å². The minimum absolute atomic E-state index is 0.102. The lowest BCUT2D eigenvalue weighted by molar-refractivity contribution is -0.144. The van der Waals surface area contributed by atoms with Crippen LogP contribution in [0.15, 0.2) is 94.8 Å². The molecule has 3 aliphatic carbocycles. The van der Waals surface area contributed by atoms with Gasteiger partial charge in [0.1, 0.15) is 11.5 Å². The average molecular weight is 617 g/mol. The zero-order valence-corrected chi connectivity index (χ0v) is 25.8. The normalized spacial score (nSPS) is 28.1. The monoisotopic (exact) mass is 616 g/mol. The molecule has 2 amide bonds. The maximum absolute atomic E-state index is 14.3. The fourth-order valence-electron chi connectivity index (χ4n) is 8.73. The van der Waals surface area contributed by atoms with Crippen LogP contribution in [0.1, 0.15) is 43.7 Å². The summed E-state index contributed by atoms with van der Waals surface area (Å²) in [5.41, 5.74) is 5.07. The molecule has 0 unspecified atom stereocenters. The molecule has 2 aromatic carbocycles. The Hall–Kier alpha value is -4.56. The molecule has 0 bridgehead atoms. The van der Waals surface area contributed by atoms with Gasteiger partial charge in [0.25, 0.3) is 0 Å². The number of phenolic OH excluding ortho intramolecular Hbond substituents is 1. The molecule has 0 aromatic heterocycles. The molecule has 1 N–H and O–H groups in total. The van der Waals surface area contributed by atoms with Crippen molar-refractivity contribution in [2.75, 3.05) is 13.1 Å². The van der Waals surface area contributed by atoms with Gasteiger partial charge in [0.15, 0.2) is 11.6 Å². The largest absolute Gasteiger partial charge is 0.508 e. The number of benzene rings is 2. The van der Waals surface area contributed by atoms with Crippen molar-refractivity contribution in [1.82, 2.24) is 9.80 Å². The Morgan fingerprint density at radius 2 is 1.74 bits per heavy atom. The van der Waals surface area contributed by atoms with Crippen molar-refractivity contribution >= 4 is 23.4 Å². The Bertz CT molecular complexity index is 1810. The highest BCUT2D eigenvalue weighted by Crippen LogP contribution is 2.55. The van der Waals surface area contributed by atoms with Gasteiger partial charge in [-0.15, -0.1) is 0 Å². The number of carbonyl (C=O) groups excluding carboxylic acids is 4. The first-order valence-electron chi connectivity index (χ1n) is 16.3. The van der Waals surface area contributed by atoms with Crippen LogP contribution in [0.25, 0.3) is 0 Å². The van der Waals surface area contributed by atoms with Crippen molar-refractivity contribution in [3.63, 3.8) is 0 Å². The summed E-state index contributed by atoms with van der Waals surface area (Å²) in [5.74, 6) is -1.79. The van der Waals surface area contributed by atoms with Crippen LogP contribution in [0.4, 0.5) is 0 Å². The Labute approximate surface area is 267 Å². The van der Waals surface area contributed by atoms with E-state index < -0.39 is 17.8 Å². The number of ether oxygens (including phenoxy) is 1. The van der Waals surface area contributed by atoms with Crippen LogP contribution < -0.4 is 4.74 Å². The molecule has 2 saturated heterocycles. The molecule has 4 atom stereocenters. The third-order valence-corrected chi connectivity index (χ3v) is 10.9. The first kappa shape index (κ1) is 28.9. The number of nitrogens with zero attached hydrogens (tertiary/aromatic N) is 2. The second-order valence-corrected chi connectivity index (χ2v) is 13.5. The van der Waals surface area contributed by atoms with Crippen LogP contribution in [-0.4, -0.2) is 57.4 Å². The fourth-order valence-corrected chi connectivity index (χ4v) is 8.73. The molecule has 3 heterocycles. The van der Waals surface area contributed by atoms with Gasteiger partial charge in [-0.05, 0) is 73.9 Å². The van der Waals surface area contributed by atoms with E-state index in [0.29, 0.717) is 35.3 Å². The molecule has 234 valence electrons. The van der Waals surface area contributed by atoms with Gasteiger partial charge < -0.3 is 9.84 Å². The molecule has 8 heteroatoms. The Balaban J connectivity index is 1.09. The van der Waals surface area contributed by atoms with E-state index in [0.717, 1.165) is 49.2 Å². The summed E-state index contributed by atoms with van der Waals surface area (Å²) < 4.78 is 5.99. The van der Waals surface area contributed by atoms with Gasteiger partial charge in [0.05, 0.1) is 18.1 Å². The summed E-state index contributed by atoms with van der Waals surface area (Å²) >= 11 is 0. The second-order valence-electron chi connectivity index (χ2n) is 13.5. The molecule has 0 saturated carbocycles. The molecule has 8 nitrogen and oxygen atoms in total. The first-order valence-corrected chi connectivity index (χ1v) is 16.3. The van der Waals surface area contributed by atoms with Gasteiger partial charge in [-0.1, -0.05) is 42.0 Å². The van der Waals surface area contributed by atoms with Crippen LogP contribution in [0, 0.1) is 23.7 Å². The third-order valence-electron chi connectivity index (χ3n) is 10.9. The molecular weight excluding hydrogens is 580 g/mol. The smallest absolute Gasteiger partial charge is 0.233 e. The number of Topliss-reactive ketones (excluding diaryl/α,β-unsaturated/α-hetero) is 1. The molecule has 2 fully saturated rings. The molecule has 6 aliphatic rings. The van der Waals surface area contributed by atoms with Gasteiger partial charge in [-0.3, -0.25) is 29.0 Å². The third kappa shape index (κ3) is 4.61. The summed E-state index contributed by atoms with van der Waals surface area (Å²) in [4.78, 5) is 59.4. The number of phenols is 1. The SMILES string of the molecule is CC1=CC(=O)C2=C(C1=O)[C@@H](C1=COc3ccc(O)cc3C1)C1=CC[C@@H]3C(=O)N(C4CCN(Cc5ccccc5)CC4)C(=O)[C@@H]3[C@@H]1C2. The molecule has 0 radical (unpaired) electrons. The van der Waals surface area contributed by atoms with Crippen molar-refractivity contribution < 1.29 is 29.0 Å². The Kier molecular flexibility index (Phi) is 6.94. The van der Waals surface area contributed by atoms with Crippen LogP contribution in [0.2, 0.25) is 0 Å². The zero-order valence-electron chi connectivity index (χ0n) is 25.8. The average Bonchev–Trinajstić information content (AvgIpc) is 3.32. The Morgan fingerprint density at radius 1 is 0.957 bits per heavy atom. The summed E-state index contributed by atoms with van der Waals surface area (Å²) in [6.07, 6.45) is 7.71. The van der Waals surface area contributed by atoms with E-state index >= 15 is 0 Å². The van der Waals surface area contributed by atoms with Crippen molar-refractivity contribution in [3.8, 4) is 11.5 Å². The van der Waals surface area contributed by atoms with Gasteiger partial charge in [0, 0.05) is 60.3 Å². The second kappa shape index (κ2) is 11.1. The number of hydrogen-bond acceptors (Lipinski definition) is 7. The predicted molar refractivity (Wildman–Crippen MR) is 169 cm³/mol. The highest BCUT2D eigenvalue weighted by Gasteiger charge is 2.57. The van der Waals surface area contributed by atoms with Crippen molar-refractivity contribution in [3.05, 3.63) is 106 Å². The summed E-state index contributed by atoms with van der Waals surface area (Å²) in [6.45, 7) is 4.13. The molecule has 3 aliphatic heterocycles. The first-order chi connectivity index (χ1) is 22.3. The number of fused-ring (bicyclic) bond motifs is 4. The number of ketones is 2. The van der Waals surface area contributed by atoms with E-state index in [9.17, 15) is 24.3 Å². The van der Waals surface area contributed by atoms with E-state index in [1.165, 1.54) is 11.6 Å². The van der Waals surface area contributed by atoms with Crippen LogP contribution >= 0.6 is 0 Å². The number of allylic oxidation sites excluding steroid dienone is 7. The fraction of sp³-hybridized carbons (Fsp3) is 0.368. The van der Waals surface area contributed by atoms with Crippen LogP contribution in [0.3, 0.4) is 0 Å². The quantitative estimate of drug-likeness (QED) is 0.298. The number of rotatable bonds is 4.